The number of hydrogen-bond donors (Lipinski definition) is 2. The van der Waals surface area contributed by atoms with Crippen LogP contribution >= 0.6 is 0 Å². The lowest BCUT2D eigenvalue weighted by Crippen LogP contribution is -2.12. The van der Waals surface area contributed by atoms with E-state index in [0.29, 0.717) is 17.1 Å². The molecule has 1 aromatic heterocycles. The molecule has 24 heavy (non-hydrogen) atoms. The Morgan fingerprint density at radius 2 is 1.88 bits per heavy atom. The SMILES string of the molecule is Cc1nccc(-c2cccc(NC(=O)c3cccc(C)c3O)c2)n1. The number of benzene rings is 2. The van der Waals surface area contributed by atoms with Gasteiger partial charge in [0.2, 0.25) is 0 Å². The molecule has 0 aliphatic rings. The van der Waals surface area contributed by atoms with Crippen LogP contribution in [0.3, 0.4) is 0 Å². The van der Waals surface area contributed by atoms with Gasteiger partial charge in [-0.15, -0.1) is 0 Å². The van der Waals surface area contributed by atoms with Gasteiger partial charge in [0.25, 0.3) is 5.91 Å². The van der Waals surface area contributed by atoms with E-state index in [2.05, 4.69) is 15.3 Å². The van der Waals surface area contributed by atoms with E-state index in [4.69, 9.17) is 0 Å². The summed E-state index contributed by atoms with van der Waals surface area (Å²) in [7, 11) is 0. The van der Waals surface area contributed by atoms with Crippen LogP contribution in [0.4, 0.5) is 5.69 Å². The molecule has 2 aromatic carbocycles. The predicted octanol–water partition coefficient (Wildman–Crippen LogP) is 3.72. The van der Waals surface area contributed by atoms with Crippen LogP contribution in [0.1, 0.15) is 21.7 Å². The van der Waals surface area contributed by atoms with E-state index < -0.39 is 0 Å². The van der Waals surface area contributed by atoms with E-state index in [1.54, 1.807) is 37.4 Å². The van der Waals surface area contributed by atoms with Crippen LogP contribution in [0.5, 0.6) is 5.75 Å². The van der Waals surface area contributed by atoms with Crippen molar-refractivity contribution in [2.75, 3.05) is 5.32 Å². The molecule has 0 unspecified atom stereocenters. The number of rotatable bonds is 3. The van der Waals surface area contributed by atoms with Crippen molar-refractivity contribution in [1.82, 2.24) is 9.97 Å². The molecule has 0 saturated heterocycles. The van der Waals surface area contributed by atoms with Gasteiger partial charge in [-0.3, -0.25) is 4.79 Å². The van der Waals surface area contributed by atoms with Crippen LogP contribution in [0.25, 0.3) is 11.3 Å². The first-order chi connectivity index (χ1) is 11.5. The largest absolute Gasteiger partial charge is 0.507 e. The van der Waals surface area contributed by atoms with Gasteiger partial charge in [-0.05, 0) is 43.7 Å². The second kappa shape index (κ2) is 6.50. The van der Waals surface area contributed by atoms with E-state index in [1.807, 2.05) is 31.2 Å². The van der Waals surface area contributed by atoms with E-state index >= 15 is 0 Å². The monoisotopic (exact) mass is 319 g/mol. The van der Waals surface area contributed by atoms with Crippen LogP contribution in [-0.4, -0.2) is 21.0 Å². The average molecular weight is 319 g/mol. The lowest BCUT2D eigenvalue weighted by Gasteiger charge is -2.09. The number of phenolic OH excluding ortho intramolecular Hbond substituents is 1. The molecule has 0 saturated carbocycles. The van der Waals surface area contributed by atoms with Gasteiger partial charge in [-0.25, -0.2) is 9.97 Å². The Morgan fingerprint density at radius 1 is 1.08 bits per heavy atom. The zero-order valence-corrected chi connectivity index (χ0v) is 13.4. The number of aromatic hydroxyl groups is 1. The number of nitrogens with one attached hydrogen (secondary N) is 1. The van der Waals surface area contributed by atoms with Crippen molar-refractivity contribution in [3.63, 3.8) is 0 Å². The van der Waals surface area contributed by atoms with Gasteiger partial charge in [-0.1, -0.05) is 24.3 Å². The highest BCUT2D eigenvalue weighted by Crippen LogP contribution is 2.24. The smallest absolute Gasteiger partial charge is 0.259 e. The molecule has 120 valence electrons. The van der Waals surface area contributed by atoms with Crippen LogP contribution in [0.2, 0.25) is 0 Å². The van der Waals surface area contributed by atoms with Gasteiger partial charge in [0.1, 0.15) is 11.6 Å². The summed E-state index contributed by atoms with van der Waals surface area (Å²) in [5.74, 6) is 0.330. The summed E-state index contributed by atoms with van der Waals surface area (Å²) in [6, 6.07) is 14.3. The molecule has 0 radical (unpaired) electrons. The molecular weight excluding hydrogens is 302 g/mol. The number of anilines is 1. The van der Waals surface area contributed by atoms with Crippen molar-refractivity contribution in [3.8, 4) is 17.0 Å². The number of aromatic nitrogens is 2. The van der Waals surface area contributed by atoms with Crippen molar-refractivity contribution >= 4 is 11.6 Å². The molecule has 2 N–H and O–H groups in total. The number of carbonyl (C=O) groups excluding carboxylic acids is 1. The first-order valence-electron chi connectivity index (χ1n) is 7.54. The number of carbonyl (C=O) groups is 1. The third-order valence-corrected chi connectivity index (χ3v) is 3.67. The van der Waals surface area contributed by atoms with Gasteiger partial charge >= 0.3 is 0 Å². The van der Waals surface area contributed by atoms with E-state index in [0.717, 1.165) is 11.3 Å². The summed E-state index contributed by atoms with van der Waals surface area (Å²) in [6.45, 7) is 3.58. The fraction of sp³-hybridized carbons (Fsp3) is 0.105. The van der Waals surface area contributed by atoms with Crippen LogP contribution < -0.4 is 5.32 Å². The maximum absolute atomic E-state index is 12.4. The molecule has 3 rings (SSSR count). The van der Waals surface area contributed by atoms with E-state index in [1.165, 1.54) is 0 Å². The minimum absolute atomic E-state index is 0.00224. The summed E-state index contributed by atoms with van der Waals surface area (Å²) >= 11 is 0. The highest BCUT2D eigenvalue weighted by Gasteiger charge is 2.13. The van der Waals surface area contributed by atoms with Crippen LogP contribution in [-0.2, 0) is 0 Å². The molecule has 5 nitrogen and oxygen atoms in total. The average Bonchev–Trinajstić information content (AvgIpc) is 2.57. The van der Waals surface area contributed by atoms with Crippen molar-refractivity contribution in [2.24, 2.45) is 0 Å². The van der Waals surface area contributed by atoms with Gasteiger partial charge in [0, 0.05) is 17.4 Å². The van der Waals surface area contributed by atoms with E-state index in [-0.39, 0.29) is 17.2 Å². The van der Waals surface area contributed by atoms with Crippen molar-refractivity contribution in [1.29, 1.82) is 0 Å². The number of nitrogens with zero attached hydrogens (tertiary/aromatic N) is 2. The number of aryl methyl sites for hydroxylation is 2. The molecule has 0 aliphatic carbocycles. The van der Waals surface area contributed by atoms with E-state index in [9.17, 15) is 9.90 Å². The molecule has 0 atom stereocenters. The molecule has 1 amide bonds. The first-order valence-corrected chi connectivity index (χ1v) is 7.54. The molecule has 0 aliphatic heterocycles. The Labute approximate surface area is 140 Å². The van der Waals surface area contributed by atoms with Crippen molar-refractivity contribution < 1.29 is 9.90 Å². The molecule has 5 heteroatoms. The highest BCUT2D eigenvalue weighted by atomic mass is 16.3. The fourth-order valence-corrected chi connectivity index (χ4v) is 2.41. The van der Waals surface area contributed by atoms with Crippen molar-refractivity contribution in [3.05, 3.63) is 71.7 Å². The Hall–Kier alpha value is -3.21. The Bertz CT molecular complexity index is 907. The molecule has 0 bridgehead atoms. The molecule has 1 heterocycles. The third kappa shape index (κ3) is 3.25. The van der Waals surface area contributed by atoms with Gasteiger partial charge in [0.15, 0.2) is 0 Å². The summed E-state index contributed by atoms with van der Waals surface area (Å²) in [6.07, 6.45) is 1.70. The predicted molar refractivity (Wildman–Crippen MR) is 93.0 cm³/mol. The minimum Gasteiger partial charge on any atom is -0.507 e. The zero-order chi connectivity index (χ0) is 17.1. The van der Waals surface area contributed by atoms with Crippen LogP contribution in [0, 0.1) is 13.8 Å². The highest BCUT2D eigenvalue weighted by molar-refractivity contribution is 6.06. The Kier molecular flexibility index (Phi) is 4.24. The molecule has 0 fully saturated rings. The number of amides is 1. The quantitative estimate of drug-likeness (QED) is 0.771. The minimum atomic E-state index is -0.354. The lowest BCUT2D eigenvalue weighted by atomic mass is 10.1. The lowest BCUT2D eigenvalue weighted by molar-refractivity contribution is 0.102. The standard InChI is InChI=1S/C19H17N3O2/c1-12-5-3-8-16(18(12)23)19(24)22-15-7-4-6-14(11-15)17-9-10-20-13(2)21-17/h3-11,23H,1-2H3,(H,22,24). The van der Waals surface area contributed by atoms with Crippen molar-refractivity contribution in [2.45, 2.75) is 13.8 Å². The van der Waals surface area contributed by atoms with Crippen LogP contribution in [0.15, 0.2) is 54.7 Å². The topological polar surface area (TPSA) is 75.1 Å². The number of phenols is 1. The summed E-state index contributed by atoms with van der Waals surface area (Å²) in [4.78, 5) is 20.9. The third-order valence-electron chi connectivity index (χ3n) is 3.67. The Balaban J connectivity index is 1.87. The second-order valence-corrected chi connectivity index (χ2v) is 5.50. The molecule has 3 aromatic rings. The van der Waals surface area contributed by atoms with Gasteiger partial charge in [-0.2, -0.15) is 0 Å². The number of hydrogen-bond acceptors (Lipinski definition) is 4. The first kappa shape index (κ1) is 15.7. The zero-order valence-electron chi connectivity index (χ0n) is 13.4. The summed E-state index contributed by atoms with van der Waals surface area (Å²) in [5, 5.41) is 12.8. The maximum atomic E-state index is 12.4. The molecule has 0 spiro atoms. The maximum Gasteiger partial charge on any atom is 0.259 e. The summed E-state index contributed by atoms with van der Waals surface area (Å²) in [5.41, 5.74) is 3.21. The fourth-order valence-electron chi connectivity index (χ4n) is 2.41. The Morgan fingerprint density at radius 3 is 2.67 bits per heavy atom. The molecular formula is C19H17N3O2. The van der Waals surface area contributed by atoms with Gasteiger partial charge in [0.05, 0.1) is 11.3 Å². The second-order valence-electron chi connectivity index (χ2n) is 5.50. The van der Waals surface area contributed by atoms with Gasteiger partial charge < -0.3 is 10.4 Å². The normalized spacial score (nSPS) is 10.4. The number of para-hydroxylation sites is 1. The summed E-state index contributed by atoms with van der Waals surface area (Å²) < 4.78 is 0.